The van der Waals surface area contributed by atoms with Crippen LogP contribution < -0.4 is 10.1 Å². The van der Waals surface area contributed by atoms with Crippen LogP contribution in [0.5, 0.6) is 5.75 Å². The largest absolute Gasteiger partial charge is 0.497 e. The molecule has 1 N–H and O–H groups in total. The molecule has 0 spiro atoms. The molecule has 0 unspecified atom stereocenters. The van der Waals surface area contributed by atoms with Gasteiger partial charge in [-0.3, -0.25) is 4.79 Å². The molecule has 2 rings (SSSR count). The third kappa shape index (κ3) is 5.55. The van der Waals surface area contributed by atoms with Gasteiger partial charge in [-0.2, -0.15) is 5.26 Å². The highest BCUT2D eigenvalue weighted by atomic mass is 16.5. The molecule has 0 radical (unpaired) electrons. The lowest BCUT2D eigenvalue weighted by atomic mass is 10.2. The molecule has 128 valence electrons. The fraction of sp³-hybridized carbons (Fsp3) is 0.167. The van der Waals surface area contributed by atoms with Crippen LogP contribution in [0.25, 0.3) is 6.08 Å². The molecule has 0 aliphatic carbocycles. The van der Waals surface area contributed by atoms with E-state index in [-0.39, 0.29) is 12.1 Å². The van der Waals surface area contributed by atoms with Gasteiger partial charge in [-0.15, -0.1) is 0 Å². The molecule has 25 heavy (non-hydrogen) atoms. The number of benzene rings is 1. The zero-order valence-electron chi connectivity index (χ0n) is 13.5. The summed E-state index contributed by atoms with van der Waals surface area (Å²) in [5.74, 6) is -0.299. The van der Waals surface area contributed by atoms with Gasteiger partial charge in [-0.05, 0) is 29.8 Å². The second kappa shape index (κ2) is 8.93. The lowest BCUT2D eigenvalue weighted by Gasteiger charge is -2.07. The Bertz CT molecular complexity index is 786. The van der Waals surface area contributed by atoms with Crippen molar-refractivity contribution < 1.29 is 23.5 Å². The molecule has 0 aliphatic heterocycles. The number of amides is 1. The standard InChI is InChI=1S/C18H16N2O5/c1-23-15-6-4-13(5-7-15)11-20-17(21)12-25-18(22)14(10-19)9-16-3-2-8-24-16/h2-9H,11-12H2,1H3,(H,20,21)/b14-9+. The van der Waals surface area contributed by atoms with Crippen LogP contribution in [0.1, 0.15) is 11.3 Å². The fourth-order valence-corrected chi connectivity index (χ4v) is 1.86. The highest BCUT2D eigenvalue weighted by Crippen LogP contribution is 2.11. The van der Waals surface area contributed by atoms with Gasteiger partial charge in [0.25, 0.3) is 5.91 Å². The van der Waals surface area contributed by atoms with Gasteiger partial charge in [0, 0.05) is 12.6 Å². The van der Waals surface area contributed by atoms with Crippen LogP contribution in [0.15, 0.2) is 52.7 Å². The number of nitriles is 1. The third-order valence-corrected chi connectivity index (χ3v) is 3.15. The minimum atomic E-state index is -0.890. The smallest absolute Gasteiger partial charge is 0.349 e. The van der Waals surface area contributed by atoms with Crippen LogP contribution in [-0.2, 0) is 20.9 Å². The number of hydrogen-bond donors (Lipinski definition) is 1. The van der Waals surface area contributed by atoms with Gasteiger partial charge in [-0.25, -0.2) is 4.79 Å². The number of rotatable bonds is 7. The molecule has 0 atom stereocenters. The van der Waals surface area contributed by atoms with Gasteiger partial charge in [0.1, 0.15) is 23.2 Å². The first-order valence-corrected chi connectivity index (χ1v) is 7.34. The molecule has 1 aromatic heterocycles. The lowest BCUT2D eigenvalue weighted by Crippen LogP contribution is -2.28. The van der Waals surface area contributed by atoms with Crippen molar-refractivity contribution in [3.8, 4) is 11.8 Å². The molecule has 0 fully saturated rings. The van der Waals surface area contributed by atoms with Gasteiger partial charge in [0.15, 0.2) is 6.61 Å². The number of hydrogen-bond acceptors (Lipinski definition) is 6. The zero-order chi connectivity index (χ0) is 18.1. The van der Waals surface area contributed by atoms with Gasteiger partial charge >= 0.3 is 5.97 Å². The van der Waals surface area contributed by atoms with Crippen molar-refractivity contribution in [2.45, 2.75) is 6.54 Å². The number of methoxy groups -OCH3 is 1. The molecule has 0 aliphatic rings. The Kier molecular flexibility index (Phi) is 6.37. The lowest BCUT2D eigenvalue weighted by molar-refractivity contribution is -0.144. The van der Waals surface area contributed by atoms with Crippen molar-refractivity contribution in [2.75, 3.05) is 13.7 Å². The molecule has 1 heterocycles. The second-order valence-corrected chi connectivity index (χ2v) is 4.89. The van der Waals surface area contributed by atoms with Crippen LogP contribution in [0.4, 0.5) is 0 Å². The summed E-state index contributed by atoms with van der Waals surface area (Å²) in [6, 6.07) is 12.1. The predicted molar refractivity (Wildman–Crippen MR) is 88.1 cm³/mol. The minimum Gasteiger partial charge on any atom is -0.497 e. The van der Waals surface area contributed by atoms with Gasteiger partial charge in [-0.1, -0.05) is 12.1 Å². The Morgan fingerprint density at radius 1 is 1.28 bits per heavy atom. The van der Waals surface area contributed by atoms with Crippen molar-refractivity contribution in [1.29, 1.82) is 5.26 Å². The number of esters is 1. The maximum Gasteiger partial charge on any atom is 0.349 e. The third-order valence-electron chi connectivity index (χ3n) is 3.15. The first-order valence-electron chi connectivity index (χ1n) is 7.34. The highest BCUT2D eigenvalue weighted by molar-refractivity contribution is 5.98. The number of ether oxygens (including phenoxy) is 2. The zero-order valence-corrected chi connectivity index (χ0v) is 13.5. The SMILES string of the molecule is COc1ccc(CNC(=O)COC(=O)/C(C#N)=C/c2ccco2)cc1. The topological polar surface area (TPSA) is 102 Å². The quantitative estimate of drug-likeness (QED) is 0.470. The van der Waals surface area contributed by atoms with E-state index in [2.05, 4.69) is 5.32 Å². The molecule has 1 aromatic carbocycles. The fourth-order valence-electron chi connectivity index (χ4n) is 1.86. The Morgan fingerprint density at radius 2 is 2.04 bits per heavy atom. The van der Waals surface area contributed by atoms with E-state index in [1.165, 1.54) is 12.3 Å². The normalized spacial score (nSPS) is 10.6. The van der Waals surface area contributed by atoms with Crippen molar-refractivity contribution in [1.82, 2.24) is 5.32 Å². The van der Waals surface area contributed by atoms with Gasteiger partial charge in [0.2, 0.25) is 0 Å². The van der Waals surface area contributed by atoms with Crippen molar-refractivity contribution in [3.05, 3.63) is 59.6 Å². The molecule has 7 nitrogen and oxygen atoms in total. The molecular formula is C18H16N2O5. The summed E-state index contributed by atoms with van der Waals surface area (Å²) in [6.07, 6.45) is 2.66. The Morgan fingerprint density at radius 3 is 2.64 bits per heavy atom. The first kappa shape index (κ1) is 17.8. The number of nitrogens with zero attached hydrogens (tertiary/aromatic N) is 1. The van der Waals surface area contributed by atoms with E-state index in [0.29, 0.717) is 5.76 Å². The average molecular weight is 340 g/mol. The van der Waals surface area contributed by atoms with E-state index < -0.39 is 18.5 Å². The molecule has 2 aromatic rings. The summed E-state index contributed by atoms with van der Waals surface area (Å²) in [5, 5.41) is 11.6. The second-order valence-electron chi connectivity index (χ2n) is 4.89. The van der Waals surface area contributed by atoms with Crippen LogP contribution in [-0.4, -0.2) is 25.6 Å². The summed E-state index contributed by atoms with van der Waals surface area (Å²) in [4.78, 5) is 23.5. The average Bonchev–Trinajstić information content (AvgIpc) is 3.16. The van der Waals surface area contributed by atoms with Crippen molar-refractivity contribution >= 4 is 18.0 Å². The van der Waals surface area contributed by atoms with Crippen LogP contribution in [0.2, 0.25) is 0 Å². The summed E-state index contributed by atoms with van der Waals surface area (Å²) < 4.78 is 14.9. The predicted octanol–water partition coefficient (Wildman–Crippen LogP) is 2.05. The summed E-state index contributed by atoms with van der Waals surface area (Å²) >= 11 is 0. The maximum atomic E-state index is 11.8. The van der Waals surface area contributed by atoms with E-state index in [1.807, 2.05) is 12.1 Å². The first-order chi connectivity index (χ1) is 12.1. The molecular weight excluding hydrogens is 324 g/mol. The van der Waals surface area contributed by atoms with Crippen LogP contribution >= 0.6 is 0 Å². The summed E-state index contributed by atoms with van der Waals surface area (Å²) in [7, 11) is 1.57. The summed E-state index contributed by atoms with van der Waals surface area (Å²) in [6.45, 7) is -0.195. The van der Waals surface area contributed by atoms with Gasteiger partial charge < -0.3 is 19.2 Å². The Balaban J connectivity index is 1.80. The molecule has 0 saturated heterocycles. The van der Waals surface area contributed by atoms with Crippen LogP contribution in [0, 0.1) is 11.3 Å². The number of carbonyl (C=O) groups is 2. The number of carbonyl (C=O) groups excluding carboxylic acids is 2. The molecule has 0 bridgehead atoms. The molecule has 7 heteroatoms. The Labute approximate surface area is 144 Å². The number of furan rings is 1. The van der Waals surface area contributed by atoms with Crippen molar-refractivity contribution in [3.63, 3.8) is 0 Å². The molecule has 0 saturated carbocycles. The molecule has 1 amide bonds. The van der Waals surface area contributed by atoms with E-state index in [0.717, 1.165) is 11.3 Å². The van der Waals surface area contributed by atoms with E-state index in [9.17, 15) is 9.59 Å². The monoisotopic (exact) mass is 340 g/mol. The minimum absolute atomic E-state index is 0.252. The van der Waals surface area contributed by atoms with E-state index >= 15 is 0 Å². The summed E-state index contributed by atoms with van der Waals surface area (Å²) in [5.41, 5.74) is 0.619. The van der Waals surface area contributed by atoms with Crippen LogP contribution in [0.3, 0.4) is 0 Å². The highest BCUT2D eigenvalue weighted by Gasteiger charge is 2.13. The van der Waals surface area contributed by atoms with Crippen molar-refractivity contribution in [2.24, 2.45) is 0 Å². The Hall–Kier alpha value is -3.53. The maximum absolute atomic E-state index is 11.8. The number of nitrogens with one attached hydrogen (secondary N) is 1. The van der Waals surface area contributed by atoms with E-state index in [1.54, 1.807) is 37.4 Å². The van der Waals surface area contributed by atoms with E-state index in [4.69, 9.17) is 19.2 Å². The van der Waals surface area contributed by atoms with Gasteiger partial charge in [0.05, 0.1) is 13.4 Å².